The van der Waals surface area contributed by atoms with E-state index in [1.165, 1.54) is 117 Å². The highest BCUT2D eigenvalue weighted by atomic mass is 15.2. The van der Waals surface area contributed by atoms with Crippen LogP contribution in [0.5, 0.6) is 0 Å². The molecule has 0 N–H and O–H groups in total. The van der Waals surface area contributed by atoms with E-state index in [9.17, 15) is 0 Å². The highest BCUT2D eigenvalue weighted by Gasteiger charge is 2.47. The number of hydrogen-bond donors (Lipinski definition) is 0. The Hall–Kier alpha value is -6.58. The van der Waals surface area contributed by atoms with Crippen molar-refractivity contribution in [2.45, 2.75) is 169 Å². The first kappa shape index (κ1) is 52.5. The van der Waals surface area contributed by atoms with Crippen LogP contribution in [0.25, 0.3) is 22.3 Å². The molecular weight excluding hydrogens is 928 g/mol. The SMILES string of the molecule is CC(C)c1cc2c3c(c1)N(c1ccc(C(C)(C)C)cc1-c1ccc(-c4ccc(C(C)(C)C)cc4)cc1)c1cc4c(cc1B3c1ccc(C(C)(C)c3ccccc3)cc1N2c1cccc(C(C)(C)C)c1)C(C)(C)CCC4(C)C. The van der Waals surface area contributed by atoms with Crippen LogP contribution in [0.15, 0.2) is 164 Å². The summed E-state index contributed by atoms with van der Waals surface area (Å²) in [5, 5.41) is 0. The van der Waals surface area contributed by atoms with Crippen LogP contribution in [0.4, 0.5) is 34.1 Å². The van der Waals surface area contributed by atoms with E-state index in [4.69, 9.17) is 0 Å². The van der Waals surface area contributed by atoms with Gasteiger partial charge in [0.2, 0.25) is 0 Å². The van der Waals surface area contributed by atoms with E-state index in [2.05, 4.69) is 291 Å². The van der Waals surface area contributed by atoms with E-state index in [0.29, 0.717) is 0 Å². The van der Waals surface area contributed by atoms with E-state index in [1.807, 2.05) is 0 Å². The molecule has 0 radical (unpaired) electrons. The van der Waals surface area contributed by atoms with Crippen LogP contribution < -0.4 is 26.2 Å². The summed E-state index contributed by atoms with van der Waals surface area (Å²) in [7, 11) is 0. The third-order valence-corrected chi connectivity index (χ3v) is 18.3. The summed E-state index contributed by atoms with van der Waals surface area (Å²) in [6.07, 6.45) is 2.30. The van der Waals surface area contributed by atoms with Crippen LogP contribution in [0, 0.1) is 0 Å². The number of nitrogens with zero attached hydrogens (tertiary/aromatic N) is 2. The zero-order valence-corrected chi connectivity index (χ0v) is 49.6. The standard InChI is InChI=1S/C74H83BN2/c1-47(2)51-40-66-68-67(41-51)77(63-37-35-55(71(9,10)11)43-58(63)50-28-26-48(27-29-50)49-30-32-52(33-31-49)69(3,4)5)65-46-60-59(72(12,13)38-39-73(60,14)15)45-62(65)75(68)61-36-34-56(74(16,17)53-22-19-18-20-23-53)44-64(61)76(66)57-25-21-24-54(42-57)70(6,7)8/h18-37,40-47H,38-39H2,1-17H3. The Morgan fingerprint density at radius 1 is 0.403 bits per heavy atom. The second-order valence-corrected chi connectivity index (χ2v) is 28.4. The molecule has 8 aromatic rings. The number of anilines is 6. The minimum Gasteiger partial charge on any atom is -0.311 e. The molecule has 11 rings (SSSR count). The first-order valence-corrected chi connectivity index (χ1v) is 28.8. The molecule has 0 saturated heterocycles. The lowest BCUT2D eigenvalue weighted by molar-refractivity contribution is 0.332. The van der Waals surface area contributed by atoms with Crippen molar-refractivity contribution in [3.8, 4) is 22.3 Å². The van der Waals surface area contributed by atoms with Crippen LogP contribution in [0.2, 0.25) is 0 Å². The van der Waals surface area contributed by atoms with Crippen LogP contribution in [0.1, 0.15) is 181 Å². The fourth-order valence-corrected chi connectivity index (χ4v) is 12.9. The van der Waals surface area contributed by atoms with Crippen molar-refractivity contribution in [1.82, 2.24) is 0 Å². The minimum absolute atomic E-state index is 0.00781. The zero-order valence-electron chi connectivity index (χ0n) is 49.6. The Balaban J connectivity index is 1.23. The Morgan fingerprint density at radius 3 is 1.51 bits per heavy atom. The smallest absolute Gasteiger partial charge is 0.252 e. The molecule has 1 aliphatic carbocycles. The van der Waals surface area contributed by atoms with Crippen LogP contribution >= 0.6 is 0 Å². The first-order chi connectivity index (χ1) is 36.1. The van der Waals surface area contributed by atoms with Gasteiger partial charge in [-0.25, -0.2) is 0 Å². The lowest BCUT2D eigenvalue weighted by Gasteiger charge is -2.48. The van der Waals surface area contributed by atoms with E-state index in [-0.39, 0.29) is 45.1 Å². The summed E-state index contributed by atoms with van der Waals surface area (Å²) < 4.78 is 0. The maximum Gasteiger partial charge on any atom is 0.252 e. The molecule has 3 heteroatoms. The molecule has 0 spiro atoms. The molecule has 0 amide bonds. The summed E-state index contributed by atoms with van der Waals surface area (Å²) in [6, 6.07) is 64.5. The third-order valence-electron chi connectivity index (χ3n) is 18.3. The monoisotopic (exact) mass is 1010 g/mol. The van der Waals surface area contributed by atoms with E-state index < -0.39 is 0 Å². The Kier molecular flexibility index (Phi) is 12.4. The van der Waals surface area contributed by atoms with Crippen molar-refractivity contribution >= 4 is 57.2 Å². The molecule has 0 bridgehead atoms. The Morgan fingerprint density at radius 2 is 0.909 bits per heavy atom. The van der Waals surface area contributed by atoms with Gasteiger partial charge in [0.25, 0.3) is 6.71 Å². The van der Waals surface area contributed by atoms with Crippen molar-refractivity contribution in [3.05, 3.63) is 208 Å². The number of fused-ring (bicyclic) bond motifs is 5. The maximum absolute atomic E-state index is 2.72. The average molecular weight is 1010 g/mol. The second kappa shape index (κ2) is 18.3. The van der Waals surface area contributed by atoms with Gasteiger partial charge in [0.15, 0.2) is 0 Å². The number of hydrogen-bond acceptors (Lipinski definition) is 2. The number of rotatable bonds is 7. The largest absolute Gasteiger partial charge is 0.311 e. The van der Waals surface area contributed by atoms with Gasteiger partial charge in [-0.05, 0) is 172 Å². The van der Waals surface area contributed by atoms with Gasteiger partial charge in [-0.2, -0.15) is 0 Å². The fraction of sp³-hybridized carbons (Fsp3) is 0.351. The lowest BCUT2D eigenvalue weighted by atomic mass is 9.33. The maximum atomic E-state index is 2.72. The second-order valence-electron chi connectivity index (χ2n) is 28.4. The van der Waals surface area contributed by atoms with Gasteiger partial charge in [-0.1, -0.05) is 233 Å². The van der Waals surface area contributed by atoms with E-state index in [0.717, 1.165) is 12.8 Å². The van der Waals surface area contributed by atoms with Gasteiger partial charge >= 0.3 is 0 Å². The van der Waals surface area contributed by atoms with Crippen molar-refractivity contribution in [3.63, 3.8) is 0 Å². The molecule has 2 aliphatic heterocycles. The van der Waals surface area contributed by atoms with E-state index >= 15 is 0 Å². The molecule has 0 fully saturated rings. The van der Waals surface area contributed by atoms with Gasteiger partial charge in [0.05, 0.1) is 5.69 Å². The summed E-state index contributed by atoms with van der Waals surface area (Å²) in [6.45, 7) is 40.4. The summed E-state index contributed by atoms with van der Waals surface area (Å²) in [5.41, 5.74) is 27.3. The van der Waals surface area contributed by atoms with Crippen LogP contribution in [0.3, 0.4) is 0 Å². The molecular formula is C74H83BN2. The molecule has 3 aliphatic rings. The third kappa shape index (κ3) is 9.08. The molecule has 77 heavy (non-hydrogen) atoms. The summed E-state index contributed by atoms with van der Waals surface area (Å²) >= 11 is 0. The van der Waals surface area contributed by atoms with Gasteiger partial charge in [0.1, 0.15) is 0 Å². The van der Waals surface area contributed by atoms with Gasteiger partial charge in [-0.3, -0.25) is 0 Å². The summed E-state index contributed by atoms with van der Waals surface area (Å²) in [5.74, 6) is 0.279. The highest BCUT2D eigenvalue weighted by molar-refractivity contribution is 7.00. The minimum atomic E-state index is -0.235. The fourth-order valence-electron chi connectivity index (χ4n) is 12.9. The predicted molar refractivity (Wildman–Crippen MR) is 335 cm³/mol. The molecule has 8 aromatic carbocycles. The summed E-state index contributed by atoms with van der Waals surface area (Å²) in [4.78, 5) is 5.37. The number of benzene rings is 8. The van der Waals surface area contributed by atoms with E-state index in [1.54, 1.807) is 0 Å². The van der Waals surface area contributed by atoms with Gasteiger partial charge < -0.3 is 9.80 Å². The van der Waals surface area contributed by atoms with Crippen molar-refractivity contribution in [2.24, 2.45) is 0 Å². The molecule has 0 atom stereocenters. The Bertz CT molecular complexity index is 3570. The van der Waals surface area contributed by atoms with Crippen molar-refractivity contribution in [1.29, 1.82) is 0 Å². The van der Waals surface area contributed by atoms with Gasteiger partial charge in [0, 0.05) is 39.4 Å². The molecule has 0 saturated carbocycles. The van der Waals surface area contributed by atoms with Crippen molar-refractivity contribution < 1.29 is 0 Å². The molecule has 392 valence electrons. The highest BCUT2D eigenvalue weighted by Crippen LogP contribution is 2.53. The van der Waals surface area contributed by atoms with Crippen LogP contribution in [-0.2, 0) is 32.5 Å². The normalized spacial score (nSPS) is 15.7. The molecule has 0 aromatic heterocycles. The van der Waals surface area contributed by atoms with Crippen LogP contribution in [-0.4, -0.2) is 6.71 Å². The average Bonchev–Trinajstić information content (AvgIpc) is 3.44. The Labute approximate surface area is 464 Å². The predicted octanol–water partition coefficient (Wildman–Crippen LogP) is 18.8. The van der Waals surface area contributed by atoms with Gasteiger partial charge in [-0.15, -0.1) is 0 Å². The quantitative estimate of drug-likeness (QED) is 0.147. The molecule has 2 nitrogen and oxygen atoms in total. The molecule has 0 unspecified atom stereocenters. The first-order valence-electron chi connectivity index (χ1n) is 28.8. The topological polar surface area (TPSA) is 6.48 Å². The molecule has 2 heterocycles. The zero-order chi connectivity index (χ0) is 54.9. The van der Waals surface area contributed by atoms with Crippen molar-refractivity contribution in [2.75, 3.05) is 9.80 Å². The lowest BCUT2D eigenvalue weighted by Crippen LogP contribution is -2.62.